The second kappa shape index (κ2) is 6.24. The van der Waals surface area contributed by atoms with Gasteiger partial charge in [-0.1, -0.05) is 19.1 Å². The summed E-state index contributed by atoms with van der Waals surface area (Å²) in [7, 11) is 0. The molecule has 0 saturated carbocycles. The number of rotatable bonds is 3. The molecular weight excluding hydrogens is 300 g/mol. The monoisotopic (exact) mass is 318 g/mol. The van der Waals surface area contributed by atoms with Crippen LogP contribution in [0.25, 0.3) is 0 Å². The van der Waals surface area contributed by atoms with Gasteiger partial charge in [0.2, 0.25) is 5.91 Å². The fraction of sp³-hybridized carbons (Fsp3) is 0.533. The number of alkyl halides is 4. The highest BCUT2D eigenvalue weighted by Crippen LogP contribution is 2.30. The van der Waals surface area contributed by atoms with Gasteiger partial charge in [-0.2, -0.15) is 13.2 Å². The van der Waals surface area contributed by atoms with Gasteiger partial charge in [0.1, 0.15) is 6.17 Å². The third-order valence-corrected chi connectivity index (χ3v) is 4.03. The molecule has 0 radical (unpaired) electrons. The third-order valence-electron chi connectivity index (χ3n) is 4.03. The Morgan fingerprint density at radius 2 is 1.91 bits per heavy atom. The minimum absolute atomic E-state index is 0.0340. The fourth-order valence-corrected chi connectivity index (χ4v) is 2.53. The molecule has 7 heteroatoms. The number of carbonyl (C=O) groups excluding carboxylic acids is 1. The Balaban J connectivity index is 2.07. The first-order chi connectivity index (χ1) is 10.2. The van der Waals surface area contributed by atoms with Crippen molar-refractivity contribution in [3.63, 3.8) is 0 Å². The van der Waals surface area contributed by atoms with E-state index < -0.39 is 29.9 Å². The van der Waals surface area contributed by atoms with Gasteiger partial charge in [0.25, 0.3) is 0 Å². The lowest BCUT2D eigenvalue weighted by Gasteiger charge is -2.25. The molecule has 3 nitrogen and oxygen atoms in total. The van der Waals surface area contributed by atoms with Crippen LogP contribution in [0.3, 0.4) is 0 Å². The van der Waals surface area contributed by atoms with Gasteiger partial charge in [-0.05, 0) is 24.1 Å². The van der Waals surface area contributed by atoms with Gasteiger partial charge in [-0.15, -0.1) is 0 Å². The van der Waals surface area contributed by atoms with E-state index >= 15 is 0 Å². The van der Waals surface area contributed by atoms with Crippen LogP contribution in [0.2, 0.25) is 0 Å². The van der Waals surface area contributed by atoms with Crippen LogP contribution >= 0.6 is 0 Å². The highest BCUT2D eigenvalue weighted by atomic mass is 19.4. The molecule has 1 aromatic rings. The predicted octanol–water partition coefficient (Wildman–Crippen LogP) is 2.71. The average Bonchev–Trinajstić information content (AvgIpc) is 2.90. The first kappa shape index (κ1) is 16.7. The Kier molecular flexibility index (Phi) is 4.75. The largest absolute Gasteiger partial charge is 0.416 e. The number of amides is 1. The van der Waals surface area contributed by atoms with Crippen LogP contribution in [0.1, 0.15) is 30.4 Å². The quantitative estimate of drug-likeness (QED) is 0.871. The van der Waals surface area contributed by atoms with Crippen molar-refractivity contribution < 1.29 is 22.4 Å². The molecule has 1 amide bonds. The lowest BCUT2D eigenvalue weighted by Crippen LogP contribution is -2.45. The van der Waals surface area contributed by atoms with Crippen molar-refractivity contribution in [2.45, 2.75) is 37.7 Å². The van der Waals surface area contributed by atoms with E-state index in [4.69, 9.17) is 5.73 Å². The first-order valence-corrected chi connectivity index (χ1v) is 7.05. The van der Waals surface area contributed by atoms with Crippen molar-refractivity contribution in [1.29, 1.82) is 0 Å². The predicted molar refractivity (Wildman–Crippen MR) is 73.9 cm³/mol. The average molecular weight is 318 g/mol. The Morgan fingerprint density at radius 3 is 2.36 bits per heavy atom. The molecule has 3 atom stereocenters. The number of halogens is 4. The maximum Gasteiger partial charge on any atom is 0.416 e. The van der Waals surface area contributed by atoms with Gasteiger partial charge in [0.05, 0.1) is 18.2 Å². The SMILES string of the molecule is C[C@@H](c1ccc(C(F)(F)F)cc1)C(N)C(=O)N1CC[C@H](F)C1. The summed E-state index contributed by atoms with van der Waals surface area (Å²) in [5.41, 5.74) is 5.71. The molecule has 1 saturated heterocycles. The van der Waals surface area contributed by atoms with Crippen molar-refractivity contribution in [3.05, 3.63) is 35.4 Å². The van der Waals surface area contributed by atoms with Gasteiger partial charge >= 0.3 is 6.18 Å². The number of likely N-dealkylation sites (tertiary alicyclic amines) is 1. The van der Waals surface area contributed by atoms with Crippen LogP contribution in [-0.2, 0) is 11.0 Å². The van der Waals surface area contributed by atoms with Crippen molar-refractivity contribution in [2.24, 2.45) is 5.73 Å². The molecule has 1 aliphatic rings. The third kappa shape index (κ3) is 3.58. The lowest BCUT2D eigenvalue weighted by molar-refractivity contribution is -0.137. The summed E-state index contributed by atoms with van der Waals surface area (Å²) < 4.78 is 50.7. The molecule has 1 aliphatic heterocycles. The minimum atomic E-state index is -4.40. The van der Waals surface area contributed by atoms with Gasteiger partial charge in [0.15, 0.2) is 0 Å². The lowest BCUT2D eigenvalue weighted by atomic mass is 9.92. The zero-order valence-electron chi connectivity index (χ0n) is 12.1. The van der Waals surface area contributed by atoms with Crippen LogP contribution in [0, 0.1) is 0 Å². The number of hydrogen-bond acceptors (Lipinski definition) is 2. The van der Waals surface area contributed by atoms with Crippen LogP contribution in [0.5, 0.6) is 0 Å². The Hall–Kier alpha value is -1.63. The summed E-state index contributed by atoms with van der Waals surface area (Å²) in [4.78, 5) is 13.6. The standard InChI is InChI=1S/C15H18F4N2O/c1-9(10-2-4-11(5-3-10)15(17,18)19)13(20)14(22)21-7-6-12(16)8-21/h2-5,9,12-13H,6-8,20H2,1H3/t9-,12-,13?/m0/s1. The molecule has 2 N–H and O–H groups in total. The normalized spacial score (nSPS) is 21.7. The van der Waals surface area contributed by atoms with Crippen LogP contribution < -0.4 is 5.73 Å². The van der Waals surface area contributed by atoms with E-state index in [0.29, 0.717) is 18.5 Å². The van der Waals surface area contributed by atoms with E-state index in [0.717, 1.165) is 12.1 Å². The van der Waals surface area contributed by atoms with E-state index in [2.05, 4.69) is 0 Å². The smallest absolute Gasteiger partial charge is 0.338 e. The summed E-state index contributed by atoms with van der Waals surface area (Å²) >= 11 is 0. The summed E-state index contributed by atoms with van der Waals surface area (Å²) in [6, 6.07) is 3.68. The number of benzene rings is 1. The molecule has 122 valence electrons. The first-order valence-electron chi connectivity index (χ1n) is 7.05. The molecule has 1 aromatic carbocycles. The zero-order valence-corrected chi connectivity index (χ0v) is 12.1. The number of nitrogens with two attached hydrogens (primary N) is 1. The van der Waals surface area contributed by atoms with E-state index in [1.54, 1.807) is 6.92 Å². The van der Waals surface area contributed by atoms with Gasteiger partial charge in [-0.3, -0.25) is 4.79 Å². The van der Waals surface area contributed by atoms with Crippen molar-refractivity contribution in [3.8, 4) is 0 Å². The van der Waals surface area contributed by atoms with Crippen LogP contribution in [0.15, 0.2) is 24.3 Å². The highest BCUT2D eigenvalue weighted by Gasteiger charge is 2.33. The van der Waals surface area contributed by atoms with E-state index in [1.807, 2.05) is 0 Å². The highest BCUT2D eigenvalue weighted by molar-refractivity contribution is 5.83. The van der Waals surface area contributed by atoms with Gasteiger partial charge in [-0.25, -0.2) is 4.39 Å². The Morgan fingerprint density at radius 1 is 1.32 bits per heavy atom. The van der Waals surface area contributed by atoms with E-state index in [9.17, 15) is 22.4 Å². The maximum absolute atomic E-state index is 13.1. The number of hydrogen-bond donors (Lipinski definition) is 1. The second-order valence-electron chi connectivity index (χ2n) is 5.60. The molecule has 1 fully saturated rings. The fourth-order valence-electron chi connectivity index (χ4n) is 2.53. The van der Waals surface area contributed by atoms with Crippen LogP contribution in [0.4, 0.5) is 17.6 Å². The molecule has 0 aromatic heterocycles. The van der Waals surface area contributed by atoms with Gasteiger partial charge in [0, 0.05) is 12.5 Å². The van der Waals surface area contributed by atoms with E-state index in [-0.39, 0.29) is 12.5 Å². The van der Waals surface area contributed by atoms with Crippen molar-refractivity contribution in [2.75, 3.05) is 13.1 Å². The molecule has 0 aliphatic carbocycles. The minimum Gasteiger partial charge on any atom is -0.338 e. The summed E-state index contributed by atoms with van der Waals surface area (Å²) in [5.74, 6) is -0.819. The Bertz CT molecular complexity index is 529. The molecule has 22 heavy (non-hydrogen) atoms. The second-order valence-corrected chi connectivity index (χ2v) is 5.60. The summed E-state index contributed by atoms with van der Waals surface area (Å²) in [6.45, 7) is 2.04. The zero-order chi connectivity index (χ0) is 16.5. The van der Waals surface area contributed by atoms with Crippen molar-refractivity contribution >= 4 is 5.91 Å². The maximum atomic E-state index is 13.1. The summed E-state index contributed by atoms with van der Waals surface area (Å²) in [6.07, 6.45) is -5.13. The molecule has 1 unspecified atom stereocenters. The van der Waals surface area contributed by atoms with E-state index in [1.165, 1.54) is 17.0 Å². The Labute approximate surface area is 126 Å². The van der Waals surface area contributed by atoms with Crippen LogP contribution in [-0.4, -0.2) is 36.1 Å². The summed E-state index contributed by atoms with van der Waals surface area (Å²) in [5, 5.41) is 0. The topological polar surface area (TPSA) is 46.3 Å². The van der Waals surface area contributed by atoms with Crippen molar-refractivity contribution in [1.82, 2.24) is 4.90 Å². The molecule has 1 heterocycles. The van der Waals surface area contributed by atoms with Gasteiger partial charge < -0.3 is 10.6 Å². The molecule has 0 spiro atoms. The molecular formula is C15H18F4N2O. The number of nitrogens with zero attached hydrogens (tertiary/aromatic N) is 1. The molecule has 0 bridgehead atoms. The number of carbonyl (C=O) groups is 1. The molecule has 2 rings (SSSR count).